The Labute approximate surface area is 132 Å². The van der Waals surface area contributed by atoms with Crippen LogP contribution in [0.5, 0.6) is 0 Å². The minimum absolute atomic E-state index is 0.255. The summed E-state index contributed by atoms with van der Waals surface area (Å²) < 4.78 is 7.15. The smallest absolute Gasteiger partial charge is 0.275 e. The van der Waals surface area contributed by atoms with Crippen LogP contribution in [0.25, 0.3) is 11.0 Å². The van der Waals surface area contributed by atoms with Gasteiger partial charge in [-0.1, -0.05) is 0 Å². The van der Waals surface area contributed by atoms with E-state index in [-0.39, 0.29) is 5.91 Å². The number of aromatic nitrogens is 3. The van der Waals surface area contributed by atoms with Crippen molar-refractivity contribution in [1.29, 1.82) is 0 Å². The quantitative estimate of drug-likeness (QED) is 0.803. The van der Waals surface area contributed by atoms with Crippen molar-refractivity contribution < 1.29 is 9.21 Å². The van der Waals surface area contributed by atoms with Crippen molar-refractivity contribution in [3.63, 3.8) is 0 Å². The van der Waals surface area contributed by atoms with Gasteiger partial charge in [0, 0.05) is 26.3 Å². The van der Waals surface area contributed by atoms with E-state index in [2.05, 4.69) is 20.3 Å². The van der Waals surface area contributed by atoms with Gasteiger partial charge in [0.1, 0.15) is 17.0 Å². The molecular weight excluding hydrogens is 294 g/mol. The molecule has 23 heavy (non-hydrogen) atoms. The number of pyridine rings is 1. The molecule has 1 N–H and O–H groups in total. The second-order valence-electron chi connectivity index (χ2n) is 5.69. The molecule has 0 radical (unpaired) electrons. The lowest BCUT2D eigenvalue weighted by Crippen LogP contribution is -2.39. The van der Waals surface area contributed by atoms with E-state index in [4.69, 9.17) is 4.42 Å². The van der Waals surface area contributed by atoms with Crippen LogP contribution in [0.3, 0.4) is 0 Å². The van der Waals surface area contributed by atoms with Gasteiger partial charge in [-0.05, 0) is 25.5 Å². The summed E-state index contributed by atoms with van der Waals surface area (Å²) in [7, 11) is 1.89. The highest BCUT2D eigenvalue weighted by Gasteiger charge is 2.25. The van der Waals surface area contributed by atoms with E-state index in [0.29, 0.717) is 16.7 Å². The highest BCUT2D eigenvalue weighted by atomic mass is 16.3. The maximum absolute atomic E-state index is 12.7. The predicted octanol–water partition coefficient (Wildman–Crippen LogP) is 2.33. The van der Waals surface area contributed by atoms with Crippen LogP contribution in [0.4, 0.5) is 11.5 Å². The normalized spacial score (nSPS) is 14.1. The average molecular weight is 311 g/mol. The molecule has 7 heteroatoms. The number of hydrogen-bond donors (Lipinski definition) is 1. The number of carbonyl (C=O) groups is 1. The van der Waals surface area contributed by atoms with Gasteiger partial charge in [-0.3, -0.25) is 14.5 Å². The van der Waals surface area contributed by atoms with Gasteiger partial charge < -0.3 is 14.6 Å². The van der Waals surface area contributed by atoms with Crippen LogP contribution in [0, 0.1) is 6.92 Å². The Bertz CT molecular complexity index is 891. The Kier molecular flexibility index (Phi) is 3.07. The number of rotatable bonds is 3. The molecule has 0 aliphatic carbocycles. The average Bonchev–Trinajstić information content (AvgIpc) is 3.05. The number of nitrogens with one attached hydrogen (secondary N) is 1. The van der Waals surface area contributed by atoms with Crippen LogP contribution < -0.4 is 10.2 Å². The third-order valence-electron chi connectivity index (χ3n) is 4.18. The molecule has 4 heterocycles. The zero-order valence-electron chi connectivity index (χ0n) is 13.0. The van der Waals surface area contributed by atoms with Crippen molar-refractivity contribution in [1.82, 2.24) is 14.8 Å². The number of carbonyl (C=O) groups excluding carboxylic acids is 1. The minimum atomic E-state index is -0.255. The van der Waals surface area contributed by atoms with Gasteiger partial charge in [0.2, 0.25) is 0 Å². The van der Waals surface area contributed by atoms with Crippen molar-refractivity contribution in [3.8, 4) is 0 Å². The summed E-state index contributed by atoms with van der Waals surface area (Å²) in [4.78, 5) is 19.1. The van der Waals surface area contributed by atoms with E-state index in [1.165, 1.54) is 0 Å². The largest absolute Gasteiger partial charge is 0.464 e. The molecule has 0 atom stereocenters. The lowest BCUT2D eigenvalue weighted by Gasteiger charge is -2.33. The van der Waals surface area contributed by atoms with Crippen LogP contribution in [-0.2, 0) is 7.05 Å². The van der Waals surface area contributed by atoms with E-state index in [0.717, 1.165) is 36.7 Å². The Hall–Kier alpha value is -2.83. The number of amides is 1. The second kappa shape index (κ2) is 5.12. The fourth-order valence-electron chi connectivity index (χ4n) is 2.93. The van der Waals surface area contributed by atoms with Gasteiger partial charge in [-0.2, -0.15) is 5.10 Å². The number of aryl methyl sites for hydroxylation is 2. The number of anilines is 2. The summed E-state index contributed by atoms with van der Waals surface area (Å²) in [5.41, 5.74) is 2.55. The van der Waals surface area contributed by atoms with E-state index in [9.17, 15) is 4.79 Å². The second-order valence-corrected chi connectivity index (χ2v) is 5.69. The third-order valence-corrected chi connectivity index (χ3v) is 4.18. The maximum Gasteiger partial charge on any atom is 0.275 e. The first-order valence-corrected chi connectivity index (χ1v) is 7.57. The van der Waals surface area contributed by atoms with Crippen molar-refractivity contribution in [2.75, 3.05) is 23.3 Å². The zero-order valence-corrected chi connectivity index (χ0v) is 13.0. The summed E-state index contributed by atoms with van der Waals surface area (Å²) in [6.07, 6.45) is 4.30. The Morgan fingerprint density at radius 2 is 2.17 bits per heavy atom. The molecule has 1 saturated heterocycles. The van der Waals surface area contributed by atoms with E-state index in [1.54, 1.807) is 24.6 Å². The Morgan fingerprint density at radius 1 is 1.35 bits per heavy atom. The van der Waals surface area contributed by atoms with Gasteiger partial charge in [0.15, 0.2) is 5.82 Å². The molecule has 1 aliphatic heterocycles. The molecule has 118 valence electrons. The molecule has 1 aliphatic rings. The van der Waals surface area contributed by atoms with Gasteiger partial charge >= 0.3 is 0 Å². The lowest BCUT2D eigenvalue weighted by atomic mass is 10.2. The minimum Gasteiger partial charge on any atom is -0.464 e. The monoisotopic (exact) mass is 311 g/mol. The highest BCUT2D eigenvalue weighted by Crippen LogP contribution is 2.32. The molecule has 1 amide bonds. The SMILES string of the molecule is Cc1nn(C)c(N2CCC2)c1NC(=O)c1nccc2occc12. The summed E-state index contributed by atoms with van der Waals surface area (Å²) >= 11 is 0. The molecule has 1 fully saturated rings. The molecule has 4 rings (SSSR count). The highest BCUT2D eigenvalue weighted by molar-refractivity contribution is 6.11. The molecule has 0 unspecified atom stereocenters. The van der Waals surface area contributed by atoms with Crippen molar-refractivity contribution >= 4 is 28.4 Å². The Balaban J connectivity index is 1.71. The zero-order chi connectivity index (χ0) is 16.0. The third kappa shape index (κ3) is 2.16. The van der Waals surface area contributed by atoms with Crippen LogP contribution in [0.15, 0.2) is 29.0 Å². The first-order valence-electron chi connectivity index (χ1n) is 7.57. The molecule has 3 aromatic rings. The summed E-state index contributed by atoms with van der Waals surface area (Å²) in [5.74, 6) is 0.691. The molecule has 0 saturated carbocycles. The van der Waals surface area contributed by atoms with Gasteiger partial charge in [0.25, 0.3) is 5.91 Å². The molecule has 0 aromatic carbocycles. The van der Waals surface area contributed by atoms with Crippen molar-refractivity contribution in [2.24, 2.45) is 7.05 Å². The standard InChI is InChI=1S/C16H17N5O2/c1-10-13(16(20(2)19-10)21-7-3-8-21)18-15(22)14-11-5-9-23-12(11)4-6-17-14/h4-6,9H,3,7-8H2,1-2H3,(H,18,22). The van der Waals surface area contributed by atoms with Crippen molar-refractivity contribution in [3.05, 3.63) is 36.0 Å². The van der Waals surface area contributed by atoms with E-state index in [1.807, 2.05) is 18.7 Å². The number of furan rings is 1. The Morgan fingerprint density at radius 3 is 2.91 bits per heavy atom. The van der Waals surface area contributed by atoms with Gasteiger partial charge in [-0.25, -0.2) is 0 Å². The molecule has 3 aromatic heterocycles. The summed E-state index contributed by atoms with van der Waals surface area (Å²) in [5, 5.41) is 8.12. The van der Waals surface area contributed by atoms with Crippen LogP contribution in [0.1, 0.15) is 22.6 Å². The summed E-state index contributed by atoms with van der Waals surface area (Å²) in [6.45, 7) is 3.86. The molecule has 0 spiro atoms. The molecule has 0 bridgehead atoms. The van der Waals surface area contributed by atoms with Crippen LogP contribution >= 0.6 is 0 Å². The number of hydrogen-bond acceptors (Lipinski definition) is 5. The van der Waals surface area contributed by atoms with E-state index < -0.39 is 0 Å². The van der Waals surface area contributed by atoms with Crippen LogP contribution in [0.2, 0.25) is 0 Å². The number of fused-ring (bicyclic) bond motifs is 1. The van der Waals surface area contributed by atoms with Gasteiger partial charge in [0.05, 0.1) is 17.3 Å². The topological polar surface area (TPSA) is 76.2 Å². The molecule has 7 nitrogen and oxygen atoms in total. The lowest BCUT2D eigenvalue weighted by molar-refractivity contribution is 0.102. The maximum atomic E-state index is 12.7. The first kappa shape index (κ1) is 13.8. The molecular formula is C16H17N5O2. The van der Waals surface area contributed by atoms with Crippen LogP contribution in [-0.4, -0.2) is 33.8 Å². The predicted molar refractivity (Wildman–Crippen MR) is 86.7 cm³/mol. The van der Waals surface area contributed by atoms with Crippen molar-refractivity contribution in [2.45, 2.75) is 13.3 Å². The fourth-order valence-corrected chi connectivity index (χ4v) is 2.93. The number of nitrogens with zero attached hydrogens (tertiary/aromatic N) is 4. The summed E-state index contributed by atoms with van der Waals surface area (Å²) in [6, 6.07) is 3.50. The first-order chi connectivity index (χ1) is 11.1. The van der Waals surface area contributed by atoms with Gasteiger partial charge in [-0.15, -0.1) is 0 Å². The van der Waals surface area contributed by atoms with E-state index >= 15 is 0 Å². The fraction of sp³-hybridized carbons (Fsp3) is 0.312.